The zero-order chi connectivity index (χ0) is 29.1. The van der Waals surface area contributed by atoms with Crippen LogP contribution in [0, 0.1) is 0 Å². The predicted molar refractivity (Wildman–Crippen MR) is 159 cm³/mol. The van der Waals surface area contributed by atoms with Crippen LogP contribution in [0.4, 0.5) is 11.4 Å². The Labute approximate surface area is 240 Å². The van der Waals surface area contributed by atoms with E-state index in [0.717, 1.165) is 42.5 Å². The molecule has 0 saturated heterocycles. The number of hydrogen-bond donors (Lipinski definition) is 4. The van der Waals surface area contributed by atoms with Gasteiger partial charge in [-0.3, -0.25) is 5.32 Å². The summed E-state index contributed by atoms with van der Waals surface area (Å²) in [6.07, 6.45) is 2.95. The molecule has 0 saturated carbocycles. The first-order valence-corrected chi connectivity index (χ1v) is 15.4. The Morgan fingerprint density at radius 2 is 1.71 bits per heavy atom. The molecule has 214 valence electrons. The molecule has 1 atom stereocenters. The summed E-state index contributed by atoms with van der Waals surface area (Å²) in [7, 11) is -2.71. The van der Waals surface area contributed by atoms with Gasteiger partial charge in [-0.05, 0) is 67.6 Å². The van der Waals surface area contributed by atoms with E-state index in [-0.39, 0.29) is 4.90 Å². The summed E-state index contributed by atoms with van der Waals surface area (Å²) in [5, 5.41) is 35.7. The van der Waals surface area contributed by atoms with Crippen molar-refractivity contribution in [1.82, 2.24) is 10.3 Å². The lowest BCUT2D eigenvalue weighted by Crippen LogP contribution is -2.26. The molecule has 1 unspecified atom stereocenters. The topological polar surface area (TPSA) is 123 Å². The van der Waals surface area contributed by atoms with Crippen LogP contribution >= 0.6 is 0 Å². The van der Waals surface area contributed by atoms with E-state index < -0.39 is 32.6 Å². The number of nitrogens with zero attached hydrogens (tertiary/aromatic N) is 2. The number of sulfone groups is 1. The maximum atomic E-state index is 13.9. The molecule has 0 bridgehead atoms. The molecule has 8 nitrogen and oxygen atoms in total. The second-order valence-electron chi connectivity index (χ2n) is 10.2. The third-order valence-electron chi connectivity index (χ3n) is 7.58. The van der Waals surface area contributed by atoms with Crippen molar-refractivity contribution in [3.05, 3.63) is 89.6 Å². The number of fused-ring (bicyclic) bond motifs is 1. The zero-order valence-electron chi connectivity index (χ0n) is 23.2. The van der Waals surface area contributed by atoms with Gasteiger partial charge in [0, 0.05) is 17.8 Å². The lowest BCUT2D eigenvalue weighted by atomic mass is 9.99. The minimum absolute atomic E-state index is 0.0911. The first-order chi connectivity index (χ1) is 19.8. The summed E-state index contributed by atoms with van der Waals surface area (Å²) in [6, 6.07) is 21.3. The largest absolute Gasteiger partial charge is 0.504 e. The molecule has 2 heterocycles. The number of pyridine rings is 1. The van der Waals surface area contributed by atoms with Crippen LogP contribution in [-0.2, 0) is 22.7 Å². The van der Waals surface area contributed by atoms with Crippen molar-refractivity contribution < 1.29 is 23.7 Å². The van der Waals surface area contributed by atoms with Crippen molar-refractivity contribution in [3.8, 4) is 22.8 Å². The summed E-state index contributed by atoms with van der Waals surface area (Å²) in [5.41, 5.74) is 4.91. The van der Waals surface area contributed by atoms with Gasteiger partial charge in [-0.25, -0.2) is 13.4 Å². The number of anilines is 2. The molecule has 1 aromatic heterocycles. The van der Waals surface area contributed by atoms with Crippen molar-refractivity contribution >= 4 is 21.2 Å². The summed E-state index contributed by atoms with van der Waals surface area (Å²) < 4.78 is 27.8. The van der Waals surface area contributed by atoms with E-state index in [9.17, 15) is 23.7 Å². The molecule has 4 N–H and O–H groups in total. The van der Waals surface area contributed by atoms with Crippen LogP contribution in [0.1, 0.15) is 49.2 Å². The van der Waals surface area contributed by atoms with Gasteiger partial charge in [0.05, 0.1) is 10.6 Å². The van der Waals surface area contributed by atoms with Crippen LogP contribution in [0.25, 0.3) is 11.1 Å². The number of unbranched alkanes of at least 4 members (excludes halogenated alkanes) is 1. The molecule has 0 fully saturated rings. The summed E-state index contributed by atoms with van der Waals surface area (Å²) in [5.74, 6) is -1.21. The van der Waals surface area contributed by atoms with Crippen LogP contribution in [0.5, 0.6) is 11.6 Å². The zero-order valence-corrected chi connectivity index (χ0v) is 24.0. The molecule has 1 aliphatic rings. The van der Waals surface area contributed by atoms with Crippen LogP contribution in [0.2, 0.25) is 0 Å². The third-order valence-corrected chi connectivity index (χ3v) is 9.38. The normalized spacial score (nSPS) is 14.1. The van der Waals surface area contributed by atoms with Crippen molar-refractivity contribution in [2.45, 2.75) is 55.0 Å². The number of benzene rings is 3. The van der Waals surface area contributed by atoms with Gasteiger partial charge in [-0.1, -0.05) is 67.9 Å². The molecule has 1 aliphatic heterocycles. The Hall–Kier alpha value is -3.92. The molecule has 0 spiro atoms. The van der Waals surface area contributed by atoms with Gasteiger partial charge >= 0.3 is 0 Å². The SMILES string of the molecule is CCCCc1nc(O)c(S(=O)(=O)c2ccc(-c3ccccc3C(O)NC)cc2)c(O)c1N1CCCc2ccccc21. The van der Waals surface area contributed by atoms with Crippen LogP contribution in [0.15, 0.2) is 82.6 Å². The number of rotatable bonds is 9. The molecule has 41 heavy (non-hydrogen) atoms. The van der Waals surface area contributed by atoms with Crippen LogP contribution < -0.4 is 10.2 Å². The van der Waals surface area contributed by atoms with E-state index in [1.807, 2.05) is 54.3 Å². The van der Waals surface area contributed by atoms with E-state index in [1.54, 1.807) is 25.2 Å². The highest BCUT2D eigenvalue weighted by atomic mass is 32.2. The smallest absolute Gasteiger partial charge is 0.234 e. The van der Waals surface area contributed by atoms with E-state index in [2.05, 4.69) is 10.3 Å². The summed E-state index contributed by atoms with van der Waals surface area (Å²) in [4.78, 5) is 5.59. The quantitative estimate of drug-likeness (QED) is 0.190. The molecule has 4 aromatic rings. The number of aliphatic hydroxyl groups excluding tert-OH is 1. The fourth-order valence-corrected chi connectivity index (χ4v) is 6.85. The Kier molecular flexibility index (Phi) is 8.30. The van der Waals surface area contributed by atoms with Crippen molar-refractivity contribution in [1.29, 1.82) is 0 Å². The van der Waals surface area contributed by atoms with Gasteiger partial charge in [0.1, 0.15) is 11.9 Å². The second kappa shape index (κ2) is 11.9. The number of hydrogen-bond acceptors (Lipinski definition) is 8. The molecule has 5 rings (SSSR count). The number of aromatic nitrogens is 1. The average molecular weight is 574 g/mol. The first kappa shape index (κ1) is 28.6. The van der Waals surface area contributed by atoms with E-state index >= 15 is 0 Å². The Morgan fingerprint density at radius 1 is 1.00 bits per heavy atom. The lowest BCUT2D eigenvalue weighted by molar-refractivity contribution is 0.150. The monoisotopic (exact) mass is 573 g/mol. The van der Waals surface area contributed by atoms with Gasteiger partial charge in [0.2, 0.25) is 15.7 Å². The highest BCUT2D eigenvalue weighted by Crippen LogP contribution is 2.47. The molecular weight excluding hydrogens is 538 g/mol. The van der Waals surface area contributed by atoms with Gasteiger partial charge in [0.25, 0.3) is 0 Å². The fraction of sp³-hybridized carbons (Fsp3) is 0.281. The predicted octanol–water partition coefficient (Wildman–Crippen LogP) is 5.63. The Balaban J connectivity index is 1.61. The lowest BCUT2D eigenvalue weighted by Gasteiger charge is -2.33. The molecule has 0 aliphatic carbocycles. The van der Waals surface area contributed by atoms with Crippen molar-refractivity contribution in [3.63, 3.8) is 0 Å². The second-order valence-corrected chi connectivity index (χ2v) is 12.1. The maximum Gasteiger partial charge on any atom is 0.234 e. The van der Waals surface area contributed by atoms with Gasteiger partial charge in [-0.15, -0.1) is 0 Å². The van der Waals surface area contributed by atoms with Crippen LogP contribution in [0.3, 0.4) is 0 Å². The van der Waals surface area contributed by atoms with Crippen molar-refractivity contribution in [2.24, 2.45) is 0 Å². The minimum Gasteiger partial charge on any atom is -0.504 e. The standard InChI is InChI=1S/C32H35N3O5S/c1-3-4-14-26-28(35-20-9-11-22-10-5-8-15-27(22)35)29(36)30(32(38)34-26)41(39,40)23-18-16-21(17-19-23)24-12-6-7-13-25(24)31(37)33-2/h5-8,10,12-13,15-19,31,33,37H,3-4,9,11,14,20H2,1-2H3,(H2,34,36,38). The van der Waals surface area contributed by atoms with Gasteiger partial charge in [0.15, 0.2) is 10.6 Å². The van der Waals surface area contributed by atoms with Crippen LogP contribution in [-0.4, -0.2) is 42.3 Å². The fourth-order valence-electron chi connectivity index (χ4n) is 5.48. The first-order valence-electron chi connectivity index (χ1n) is 13.9. The molecule has 3 aromatic carbocycles. The number of para-hydroxylation sites is 1. The minimum atomic E-state index is -4.36. The molecule has 9 heteroatoms. The van der Waals surface area contributed by atoms with Gasteiger partial charge < -0.3 is 20.2 Å². The van der Waals surface area contributed by atoms with E-state index in [0.29, 0.717) is 35.5 Å². The highest BCUT2D eigenvalue weighted by Gasteiger charge is 2.34. The summed E-state index contributed by atoms with van der Waals surface area (Å²) >= 11 is 0. The molecule has 0 radical (unpaired) electrons. The van der Waals surface area contributed by atoms with E-state index in [4.69, 9.17) is 0 Å². The summed E-state index contributed by atoms with van der Waals surface area (Å²) in [6.45, 7) is 2.62. The average Bonchev–Trinajstić information content (AvgIpc) is 2.99. The number of aliphatic hydroxyl groups is 1. The third kappa shape index (κ3) is 5.40. The number of aryl methyl sites for hydroxylation is 2. The number of aromatic hydroxyl groups is 2. The Morgan fingerprint density at radius 3 is 2.44 bits per heavy atom. The number of nitrogens with one attached hydrogen (secondary N) is 1. The molecule has 0 amide bonds. The molecular formula is C32H35N3O5S. The van der Waals surface area contributed by atoms with E-state index in [1.165, 1.54) is 12.1 Å². The Bertz CT molecular complexity index is 1650. The van der Waals surface area contributed by atoms with Crippen molar-refractivity contribution in [2.75, 3.05) is 18.5 Å². The highest BCUT2D eigenvalue weighted by molar-refractivity contribution is 7.91. The van der Waals surface area contributed by atoms with Gasteiger partial charge in [-0.2, -0.15) is 0 Å². The maximum absolute atomic E-state index is 13.9.